The summed E-state index contributed by atoms with van der Waals surface area (Å²) in [6.45, 7) is 1.93. The lowest BCUT2D eigenvalue weighted by atomic mass is 10.1. The predicted molar refractivity (Wildman–Crippen MR) is 71.0 cm³/mol. The minimum absolute atomic E-state index is 0.00231. The zero-order valence-electron chi connectivity index (χ0n) is 8.66. The summed E-state index contributed by atoms with van der Waals surface area (Å²) < 4.78 is 0.879. The summed E-state index contributed by atoms with van der Waals surface area (Å²) in [5, 5.41) is 1.91. The summed E-state index contributed by atoms with van der Waals surface area (Å²) in [5.41, 5.74) is 7.90. The topological polar surface area (TPSA) is 43.1 Å². The summed E-state index contributed by atoms with van der Waals surface area (Å²) in [4.78, 5) is 12.9. The Labute approximate surface area is 106 Å². The maximum Gasteiger partial charge on any atom is 0.205 e. The zero-order valence-corrected chi connectivity index (χ0v) is 11.1. The number of thiophene rings is 1. The van der Waals surface area contributed by atoms with Crippen LogP contribution in [0.5, 0.6) is 0 Å². The largest absolute Gasteiger partial charge is 0.398 e. The Morgan fingerprint density at radius 1 is 1.38 bits per heavy atom. The van der Waals surface area contributed by atoms with Crippen molar-refractivity contribution in [2.45, 2.75) is 6.92 Å². The number of anilines is 1. The highest BCUT2D eigenvalue weighted by atomic mass is 79.9. The van der Waals surface area contributed by atoms with Gasteiger partial charge in [-0.15, -0.1) is 11.3 Å². The molecule has 1 aromatic carbocycles. The summed E-state index contributed by atoms with van der Waals surface area (Å²) >= 11 is 4.77. The molecule has 0 amide bonds. The number of benzene rings is 1. The molecule has 0 atom stereocenters. The van der Waals surface area contributed by atoms with Gasteiger partial charge in [0.05, 0.1) is 4.88 Å². The van der Waals surface area contributed by atoms with Crippen LogP contribution in [0.4, 0.5) is 5.69 Å². The second kappa shape index (κ2) is 4.39. The number of hydrogen-bond acceptors (Lipinski definition) is 3. The van der Waals surface area contributed by atoms with Crippen LogP contribution in [-0.4, -0.2) is 5.78 Å². The highest BCUT2D eigenvalue weighted by Gasteiger charge is 2.15. The van der Waals surface area contributed by atoms with Crippen LogP contribution in [0.15, 0.2) is 34.1 Å². The first-order valence-corrected chi connectivity index (χ1v) is 6.40. The fourth-order valence-electron chi connectivity index (χ4n) is 1.47. The van der Waals surface area contributed by atoms with Gasteiger partial charge in [-0.05, 0) is 42.1 Å². The fourth-order valence-corrected chi connectivity index (χ4v) is 2.73. The molecule has 2 N–H and O–H groups in total. The number of hydrogen-bond donors (Lipinski definition) is 1. The molecule has 2 rings (SSSR count). The van der Waals surface area contributed by atoms with Crippen molar-refractivity contribution < 1.29 is 4.79 Å². The van der Waals surface area contributed by atoms with Crippen molar-refractivity contribution in [3.05, 3.63) is 50.1 Å². The maximum atomic E-state index is 12.2. The SMILES string of the molecule is Cc1ccsc1C(=O)c1ccc(Br)cc1N. The van der Waals surface area contributed by atoms with E-state index in [1.165, 1.54) is 11.3 Å². The van der Waals surface area contributed by atoms with E-state index in [4.69, 9.17) is 5.73 Å². The molecule has 1 heterocycles. The number of halogens is 1. The molecule has 0 bridgehead atoms. The number of nitrogens with two attached hydrogens (primary N) is 1. The lowest BCUT2D eigenvalue weighted by Crippen LogP contribution is -2.04. The second-order valence-electron chi connectivity index (χ2n) is 3.49. The average Bonchev–Trinajstić information content (AvgIpc) is 2.63. The Kier molecular flexibility index (Phi) is 3.12. The summed E-state index contributed by atoms with van der Waals surface area (Å²) in [6, 6.07) is 7.26. The molecule has 1 aromatic heterocycles. The van der Waals surface area contributed by atoms with E-state index >= 15 is 0 Å². The van der Waals surface area contributed by atoms with Crippen LogP contribution in [0.3, 0.4) is 0 Å². The van der Waals surface area contributed by atoms with E-state index in [2.05, 4.69) is 15.9 Å². The van der Waals surface area contributed by atoms with Crippen molar-refractivity contribution in [3.8, 4) is 0 Å². The highest BCUT2D eigenvalue weighted by molar-refractivity contribution is 9.10. The third kappa shape index (κ3) is 2.03. The number of ketones is 1. The standard InChI is InChI=1S/C12H10BrNOS/c1-7-4-5-16-12(7)11(15)9-3-2-8(13)6-10(9)14/h2-6H,14H2,1H3. The number of rotatable bonds is 2. The Bertz CT molecular complexity index is 548. The molecule has 0 fully saturated rings. The first-order valence-electron chi connectivity index (χ1n) is 4.73. The third-order valence-corrected chi connectivity index (χ3v) is 3.84. The lowest BCUT2D eigenvalue weighted by molar-refractivity contribution is 0.104. The first kappa shape index (κ1) is 11.4. The summed E-state index contributed by atoms with van der Waals surface area (Å²) in [5.74, 6) is -0.00231. The molecule has 0 aliphatic rings. The quantitative estimate of drug-likeness (QED) is 0.679. The Balaban J connectivity index is 2.46. The minimum Gasteiger partial charge on any atom is -0.398 e. The molecular formula is C12H10BrNOS. The number of nitrogen functional groups attached to an aromatic ring is 1. The number of carbonyl (C=O) groups excluding carboxylic acids is 1. The van der Waals surface area contributed by atoms with Gasteiger partial charge in [0, 0.05) is 15.7 Å². The van der Waals surface area contributed by atoms with E-state index in [1.54, 1.807) is 12.1 Å². The van der Waals surface area contributed by atoms with E-state index in [9.17, 15) is 4.79 Å². The van der Waals surface area contributed by atoms with Crippen molar-refractivity contribution in [3.63, 3.8) is 0 Å². The van der Waals surface area contributed by atoms with Gasteiger partial charge in [-0.3, -0.25) is 4.79 Å². The summed E-state index contributed by atoms with van der Waals surface area (Å²) in [6.07, 6.45) is 0. The van der Waals surface area contributed by atoms with Crippen molar-refractivity contribution in [1.29, 1.82) is 0 Å². The van der Waals surface area contributed by atoms with Gasteiger partial charge < -0.3 is 5.73 Å². The summed E-state index contributed by atoms with van der Waals surface area (Å²) in [7, 11) is 0. The second-order valence-corrected chi connectivity index (χ2v) is 5.33. The van der Waals surface area contributed by atoms with Crippen molar-refractivity contribution in [2.75, 3.05) is 5.73 Å². The molecule has 16 heavy (non-hydrogen) atoms. The van der Waals surface area contributed by atoms with Crippen LogP contribution in [0.1, 0.15) is 20.8 Å². The van der Waals surface area contributed by atoms with E-state index in [0.29, 0.717) is 11.3 Å². The van der Waals surface area contributed by atoms with Crippen molar-refractivity contribution in [1.82, 2.24) is 0 Å². The van der Waals surface area contributed by atoms with Gasteiger partial charge >= 0.3 is 0 Å². The van der Waals surface area contributed by atoms with Crippen molar-refractivity contribution >= 4 is 38.7 Å². The molecule has 4 heteroatoms. The van der Waals surface area contributed by atoms with Gasteiger partial charge in [-0.25, -0.2) is 0 Å². The van der Waals surface area contributed by atoms with E-state index in [-0.39, 0.29) is 5.78 Å². The average molecular weight is 296 g/mol. The van der Waals surface area contributed by atoms with E-state index in [1.807, 2.05) is 24.4 Å². The first-order chi connectivity index (χ1) is 7.59. The van der Waals surface area contributed by atoms with Crippen LogP contribution in [0.2, 0.25) is 0 Å². The van der Waals surface area contributed by atoms with E-state index < -0.39 is 0 Å². The Hall–Kier alpha value is -1.13. The Morgan fingerprint density at radius 3 is 2.69 bits per heavy atom. The van der Waals surface area contributed by atoms with Gasteiger partial charge in [-0.2, -0.15) is 0 Å². The molecular weight excluding hydrogens is 286 g/mol. The minimum atomic E-state index is -0.00231. The third-order valence-electron chi connectivity index (χ3n) is 2.33. The molecule has 0 saturated carbocycles. The number of carbonyl (C=O) groups is 1. The molecule has 0 radical (unpaired) electrons. The van der Waals surface area contributed by atoms with Gasteiger partial charge in [-0.1, -0.05) is 15.9 Å². The molecule has 0 spiro atoms. The fraction of sp³-hybridized carbons (Fsp3) is 0.0833. The lowest BCUT2D eigenvalue weighted by Gasteiger charge is -2.04. The van der Waals surface area contributed by atoms with Crippen LogP contribution >= 0.6 is 27.3 Å². The van der Waals surface area contributed by atoms with Crippen molar-refractivity contribution in [2.24, 2.45) is 0 Å². The number of aryl methyl sites for hydroxylation is 1. The molecule has 2 nitrogen and oxygen atoms in total. The van der Waals surface area contributed by atoms with Crippen LogP contribution in [0.25, 0.3) is 0 Å². The molecule has 0 aliphatic carbocycles. The molecule has 0 aliphatic heterocycles. The van der Waals surface area contributed by atoms with Gasteiger partial charge in [0.25, 0.3) is 0 Å². The Morgan fingerprint density at radius 2 is 2.12 bits per heavy atom. The van der Waals surface area contributed by atoms with Gasteiger partial charge in [0.2, 0.25) is 5.78 Å². The van der Waals surface area contributed by atoms with Crippen LogP contribution < -0.4 is 5.73 Å². The van der Waals surface area contributed by atoms with Crippen LogP contribution in [0, 0.1) is 6.92 Å². The molecule has 0 saturated heterocycles. The van der Waals surface area contributed by atoms with Gasteiger partial charge in [0.1, 0.15) is 0 Å². The smallest absolute Gasteiger partial charge is 0.205 e. The van der Waals surface area contributed by atoms with E-state index in [0.717, 1.165) is 14.9 Å². The zero-order chi connectivity index (χ0) is 11.7. The molecule has 0 unspecified atom stereocenters. The predicted octanol–water partition coefficient (Wildman–Crippen LogP) is 3.63. The van der Waals surface area contributed by atoms with Gasteiger partial charge in [0.15, 0.2) is 0 Å². The normalized spacial score (nSPS) is 10.4. The monoisotopic (exact) mass is 295 g/mol. The van der Waals surface area contributed by atoms with Crippen LogP contribution in [-0.2, 0) is 0 Å². The molecule has 82 valence electrons. The maximum absolute atomic E-state index is 12.2. The molecule has 2 aromatic rings. The highest BCUT2D eigenvalue weighted by Crippen LogP contribution is 2.25.